The number of carboxylic acid groups (broad SMARTS) is 2. The fourth-order valence-corrected chi connectivity index (χ4v) is 5.00. The van der Waals surface area contributed by atoms with Gasteiger partial charge in [0.2, 0.25) is 0 Å². The normalized spacial score (nSPS) is 11.8. The third-order valence-corrected chi connectivity index (χ3v) is 7.45. The van der Waals surface area contributed by atoms with E-state index < -0.39 is 23.8 Å². The maximum absolute atomic E-state index is 10.8. The standard InChI is InChI=1S/2C13H13NO3S.Ca/c2*1-8(12(15)16)11-9(2)14-13(18-11)17-10-6-4-3-5-7-10;/h2*3-8H,1-2H3,(H,15,16);/q;;+2/p-2. The van der Waals surface area contributed by atoms with Crippen molar-refractivity contribution in [3.8, 4) is 21.9 Å². The summed E-state index contributed by atoms with van der Waals surface area (Å²) >= 11 is 2.47. The van der Waals surface area contributed by atoms with Gasteiger partial charge in [-0.25, -0.2) is 9.97 Å². The number of carbonyl (C=O) groups is 2. The predicted molar refractivity (Wildman–Crippen MR) is 139 cm³/mol. The third kappa shape index (κ3) is 8.79. The van der Waals surface area contributed by atoms with E-state index in [2.05, 4.69) is 9.97 Å². The van der Waals surface area contributed by atoms with Crippen molar-refractivity contribution in [3.05, 3.63) is 81.8 Å². The van der Waals surface area contributed by atoms with E-state index in [9.17, 15) is 19.8 Å². The number of hydrogen-bond acceptors (Lipinski definition) is 10. The second-order valence-electron chi connectivity index (χ2n) is 7.77. The number of aryl methyl sites for hydroxylation is 2. The average Bonchev–Trinajstić information content (AvgIpc) is 3.40. The summed E-state index contributed by atoms with van der Waals surface area (Å²) in [6.45, 7) is 6.70. The molecule has 0 aliphatic heterocycles. The van der Waals surface area contributed by atoms with E-state index in [4.69, 9.17) is 9.47 Å². The van der Waals surface area contributed by atoms with Gasteiger partial charge in [0.05, 0.1) is 11.4 Å². The minimum absolute atomic E-state index is 0. The fraction of sp³-hybridized carbons (Fsp3) is 0.231. The molecule has 2 aromatic carbocycles. The van der Waals surface area contributed by atoms with E-state index >= 15 is 0 Å². The van der Waals surface area contributed by atoms with Crippen LogP contribution in [0.3, 0.4) is 0 Å². The first kappa shape index (κ1) is 30.7. The second-order valence-corrected chi connectivity index (χ2v) is 9.76. The van der Waals surface area contributed by atoms with E-state index in [0.717, 1.165) is 0 Å². The number of carboxylic acids is 2. The van der Waals surface area contributed by atoms with Gasteiger partial charge in [0, 0.05) is 33.5 Å². The van der Waals surface area contributed by atoms with Crippen LogP contribution in [0.5, 0.6) is 21.9 Å². The Kier molecular flexibility index (Phi) is 12.0. The maximum atomic E-state index is 10.8. The summed E-state index contributed by atoms with van der Waals surface area (Å²) in [6.07, 6.45) is 0. The van der Waals surface area contributed by atoms with Crippen LogP contribution in [0.25, 0.3) is 0 Å². The van der Waals surface area contributed by atoms with E-state index in [1.807, 2.05) is 60.7 Å². The summed E-state index contributed by atoms with van der Waals surface area (Å²) in [5.74, 6) is -2.19. The van der Waals surface area contributed by atoms with Crippen molar-refractivity contribution < 1.29 is 29.3 Å². The molecule has 0 radical (unpaired) electrons. The molecule has 2 heterocycles. The van der Waals surface area contributed by atoms with Crippen molar-refractivity contribution in [2.45, 2.75) is 39.5 Å². The van der Waals surface area contributed by atoms with Gasteiger partial charge < -0.3 is 29.3 Å². The Morgan fingerprint density at radius 3 is 1.32 bits per heavy atom. The maximum Gasteiger partial charge on any atom is 2.00 e. The molecule has 0 aliphatic rings. The van der Waals surface area contributed by atoms with Crippen molar-refractivity contribution in [2.75, 3.05) is 0 Å². The molecule has 0 saturated carbocycles. The first-order valence-corrected chi connectivity index (χ1v) is 12.6. The Hall–Kier alpha value is -2.50. The van der Waals surface area contributed by atoms with Gasteiger partial charge in [-0.2, -0.15) is 0 Å². The molecule has 0 amide bonds. The van der Waals surface area contributed by atoms with E-state index in [1.165, 1.54) is 22.7 Å². The Balaban J connectivity index is 0.000000253. The molecule has 0 spiro atoms. The number of nitrogens with zero attached hydrogens (tertiary/aromatic N) is 2. The number of benzene rings is 2. The van der Waals surface area contributed by atoms with Gasteiger partial charge in [0.15, 0.2) is 0 Å². The topological polar surface area (TPSA) is 124 Å². The van der Waals surface area contributed by atoms with E-state index in [-0.39, 0.29) is 37.7 Å². The number of carbonyl (C=O) groups excluding carboxylic acids is 2. The number of aliphatic carboxylic acids is 2. The molecule has 188 valence electrons. The van der Waals surface area contributed by atoms with Crippen LogP contribution < -0.4 is 19.7 Å². The molecule has 0 bridgehead atoms. The molecule has 2 atom stereocenters. The Labute approximate surface area is 253 Å². The molecule has 0 fully saturated rings. The first-order chi connectivity index (χ1) is 17.2. The Morgan fingerprint density at radius 1 is 0.703 bits per heavy atom. The zero-order chi connectivity index (χ0) is 26.2. The zero-order valence-electron chi connectivity index (χ0n) is 20.8. The average molecular weight is 565 g/mol. The minimum atomic E-state index is -1.10. The smallest absolute Gasteiger partial charge is 0.549 e. The van der Waals surface area contributed by atoms with Gasteiger partial charge in [-0.1, -0.05) is 72.9 Å². The van der Waals surface area contributed by atoms with Crippen LogP contribution in [0.2, 0.25) is 0 Å². The molecule has 11 heteroatoms. The van der Waals surface area contributed by atoms with Crippen LogP contribution in [-0.2, 0) is 9.59 Å². The summed E-state index contributed by atoms with van der Waals surface area (Å²) < 4.78 is 11.1. The second kappa shape index (κ2) is 14.4. The van der Waals surface area contributed by atoms with Gasteiger partial charge >= 0.3 is 37.7 Å². The monoisotopic (exact) mass is 564 g/mol. The van der Waals surface area contributed by atoms with Crippen molar-refractivity contribution in [2.24, 2.45) is 0 Å². The number of hydrogen-bond donors (Lipinski definition) is 0. The molecule has 0 aliphatic carbocycles. The molecule has 2 unspecified atom stereocenters. The van der Waals surface area contributed by atoms with Crippen LogP contribution in [0, 0.1) is 13.8 Å². The van der Waals surface area contributed by atoms with Crippen LogP contribution in [-0.4, -0.2) is 59.6 Å². The van der Waals surface area contributed by atoms with Crippen LogP contribution in [0.1, 0.15) is 46.8 Å². The third-order valence-electron chi connectivity index (χ3n) is 5.02. The Bertz CT molecular complexity index is 1210. The molecule has 8 nitrogen and oxygen atoms in total. The molecular weight excluding hydrogens is 541 g/mol. The largest absolute Gasteiger partial charge is 2.00 e. The van der Waals surface area contributed by atoms with Gasteiger partial charge in [0.25, 0.3) is 10.4 Å². The number of aromatic nitrogens is 2. The molecule has 2 aromatic heterocycles. The molecule has 4 aromatic rings. The fourth-order valence-electron chi connectivity index (χ4n) is 3.05. The summed E-state index contributed by atoms with van der Waals surface area (Å²) in [5.41, 5.74) is 1.34. The van der Waals surface area contributed by atoms with Crippen LogP contribution in [0.4, 0.5) is 0 Å². The van der Waals surface area contributed by atoms with Crippen molar-refractivity contribution in [1.29, 1.82) is 0 Å². The molecule has 0 N–H and O–H groups in total. The van der Waals surface area contributed by atoms with Gasteiger partial charge in [0.1, 0.15) is 11.5 Å². The molecule has 4 rings (SSSR count). The van der Waals surface area contributed by atoms with Gasteiger partial charge in [-0.05, 0) is 38.1 Å². The van der Waals surface area contributed by atoms with Gasteiger partial charge in [-0.3, -0.25) is 0 Å². The van der Waals surface area contributed by atoms with Crippen molar-refractivity contribution in [1.82, 2.24) is 9.97 Å². The molecule has 0 saturated heterocycles. The SMILES string of the molecule is Cc1nc(Oc2ccccc2)sc1C(C)C(=O)[O-].Cc1nc(Oc2ccccc2)sc1C(C)C(=O)[O-].[Ca+2]. The molecular formula is C26H24CaN2O6S2. The van der Waals surface area contributed by atoms with Crippen LogP contribution in [0.15, 0.2) is 60.7 Å². The Morgan fingerprint density at radius 2 is 1.03 bits per heavy atom. The summed E-state index contributed by atoms with van der Waals surface area (Å²) in [4.78, 5) is 31.5. The van der Waals surface area contributed by atoms with Crippen molar-refractivity contribution in [3.63, 3.8) is 0 Å². The predicted octanol–water partition coefficient (Wildman–Crippen LogP) is 3.81. The summed E-state index contributed by atoms with van der Waals surface area (Å²) in [6, 6.07) is 18.5. The number of para-hydroxylation sites is 2. The zero-order valence-corrected chi connectivity index (χ0v) is 24.6. The summed E-state index contributed by atoms with van der Waals surface area (Å²) in [5, 5.41) is 22.6. The summed E-state index contributed by atoms with van der Waals surface area (Å²) in [7, 11) is 0. The number of thiazole rings is 2. The van der Waals surface area contributed by atoms with E-state index in [1.54, 1.807) is 27.7 Å². The van der Waals surface area contributed by atoms with Crippen molar-refractivity contribution >= 4 is 72.4 Å². The van der Waals surface area contributed by atoms with Crippen LogP contribution >= 0.6 is 22.7 Å². The van der Waals surface area contributed by atoms with E-state index in [0.29, 0.717) is 43.0 Å². The number of ether oxygens (including phenoxy) is 2. The minimum Gasteiger partial charge on any atom is -0.549 e. The molecule has 37 heavy (non-hydrogen) atoms. The van der Waals surface area contributed by atoms with Gasteiger partial charge in [-0.15, -0.1) is 0 Å². The first-order valence-electron chi connectivity index (χ1n) is 11.0. The number of rotatable bonds is 8. The quantitative estimate of drug-likeness (QED) is 0.296.